The van der Waals surface area contributed by atoms with Crippen LogP contribution in [-0.2, 0) is 9.53 Å². The molecular weight excluding hydrogens is 176 g/mol. The Labute approximate surface area is 85.3 Å². The summed E-state index contributed by atoms with van der Waals surface area (Å²) in [6.45, 7) is 6.21. The normalized spacial score (nSPS) is 38.9. The van der Waals surface area contributed by atoms with Crippen molar-refractivity contribution in [1.82, 2.24) is 0 Å². The van der Waals surface area contributed by atoms with Crippen LogP contribution >= 0.6 is 0 Å². The van der Waals surface area contributed by atoms with Crippen LogP contribution in [0.2, 0.25) is 0 Å². The summed E-state index contributed by atoms with van der Waals surface area (Å²) >= 11 is 0. The van der Waals surface area contributed by atoms with Gasteiger partial charge in [-0.1, -0.05) is 12.5 Å². The molecule has 0 aromatic carbocycles. The van der Waals surface area contributed by atoms with Crippen LogP contribution in [-0.4, -0.2) is 12.6 Å². The molecule has 0 bridgehead atoms. The van der Waals surface area contributed by atoms with Crippen molar-refractivity contribution >= 4 is 5.97 Å². The fourth-order valence-electron chi connectivity index (χ4n) is 3.30. The summed E-state index contributed by atoms with van der Waals surface area (Å²) in [6.07, 6.45) is 6.38. The average molecular weight is 194 g/mol. The summed E-state index contributed by atoms with van der Waals surface area (Å²) in [5.41, 5.74) is 0.258. The third-order valence-electron chi connectivity index (χ3n) is 3.92. The highest BCUT2D eigenvalue weighted by atomic mass is 16.5. The van der Waals surface area contributed by atoms with Crippen LogP contribution in [0, 0.1) is 17.3 Å². The second kappa shape index (κ2) is 3.41. The van der Waals surface area contributed by atoms with Gasteiger partial charge in [0.2, 0.25) is 0 Å². The molecule has 2 aliphatic rings. The molecule has 0 aliphatic heterocycles. The molecule has 0 aromatic heterocycles. The second-order valence-corrected chi connectivity index (χ2v) is 4.48. The van der Waals surface area contributed by atoms with E-state index in [1.54, 1.807) is 0 Å². The number of hydrogen-bond donors (Lipinski definition) is 0. The average Bonchev–Trinajstić information content (AvgIpc) is 2.51. The molecule has 0 aromatic rings. The first-order valence-corrected chi connectivity index (χ1v) is 5.53. The first-order valence-electron chi connectivity index (χ1n) is 5.53. The quantitative estimate of drug-likeness (QED) is 0.508. The van der Waals surface area contributed by atoms with Gasteiger partial charge in [0.1, 0.15) is 0 Å². The minimum absolute atomic E-state index is 0.0243. The van der Waals surface area contributed by atoms with Crippen LogP contribution in [0.25, 0.3) is 0 Å². The van der Waals surface area contributed by atoms with Gasteiger partial charge in [0.05, 0.1) is 13.0 Å². The van der Waals surface area contributed by atoms with Crippen molar-refractivity contribution in [3.63, 3.8) is 0 Å². The van der Waals surface area contributed by atoms with E-state index in [4.69, 9.17) is 4.74 Å². The van der Waals surface area contributed by atoms with E-state index in [-0.39, 0.29) is 11.4 Å². The molecule has 14 heavy (non-hydrogen) atoms. The lowest BCUT2D eigenvalue weighted by molar-refractivity contribution is -0.144. The summed E-state index contributed by atoms with van der Waals surface area (Å²) in [6, 6.07) is 0. The van der Waals surface area contributed by atoms with Gasteiger partial charge in [-0.3, -0.25) is 4.79 Å². The second-order valence-electron chi connectivity index (χ2n) is 4.48. The van der Waals surface area contributed by atoms with Crippen molar-refractivity contribution in [2.45, 2.75) is 32.6 Å². The van der Waals surface area contributed by atoms with Gasteiger partial charge in [0.25, 0.3) is 0 Å². The maximum Gasteiger partial charge on any atom is 0.306 e. The Morgan fingerprint density at radius 3 is 3.07 bits per heavy atom. The van der Waals surface area contributed by atoms with Crippen LogP contribution in [0.4, 0.5) is 0 Å². The molecule has 2 fully saturated rings. The molecule has 2 rings (SSSR count). The lowest BCUT2D eigenvalue weighted by Gasteiger charge is -2.12. The highest BCUT2D eigenvalue weighted by molar-refractivity contribution is 5.71. The summed E-state index contributed by atoms with van der Waals surface area (Å²) in [5, 5.41) is 0. The first-order chi connectivity index (χ1) is 6.74. The molecule has 0 N–H and O–H groups in total. The third-order valence-corrected chi connectivity index (χ3v) is 3.92. The maximum atomic E-state index is 11.4. The van der Waals surface area contributed by atoms with Gasteiger partial charge in [-0.2, -0.15) is 0 Å². The minimum Gasteiger partial charge on any atom is -0.466 e. The predicted octanol–water partition coefficient (Wildman–Crippen LogP) is 2.54. The number of hydrogen-bond acceptors (Lipinski definition) is 2. The van der Waals surface area contributed by atoms with Crippen molar-refractivity contribution in [1.29, 1.82) is 0 Å². The molecule has 0 amide bonds. The van der Waals surface area contributed by atoms with Crippen molar-refractivity contribution in [3.05, 3.63) is 12.7 Å². The van der Waals surface area contributed by atoms with Crippen LogP contribution in [0.5, 0.6) is 0 Å². The number of carbonyl (C=O) groups is 1. The number of esters is 1. The van der Waals surface area contributed by atoms with Crippen molar-refractivity contribution in [2.24, 2.45) is 17.3 Å². The van der Waals surface area contributed by atoms with Crippen molar-refractivity contribution in [2.75, 3.05) is 6.61 Å². The molecule has 0 saturated heterocycles. The number of carbonyl (C=O) groups excluding carboxylic acids is 1. The van der Waals surface area contributed by atoms with Gasteiger partial charge >= 0.3 is 5.97 Å². The summed E-state index contributed by atoms with van der Waals surface area (Å²) in [5.74, 6) is 1.29. The van der Waals surface area contributed by atoms with Crippen LogP contribution < -0.4 is 0 Å². The van der Waals surface area contributed by atoms with E-state index in [2.05, 4.69) is 6.58 Å². The standard InChI is InChI=1S/C12H18O2/c1-3-9-10-6-5-7-12(9,10)8-11(13)14-4-2/h3,9-10H,1,4-8H2,2H3/t9?,10-,12-/m0/s1. The summed E-state index contributed by atoms with van der Waals surface area (Å²) in [7, 11) is 0. The molecule has 78 valence electrons. The van der Waals surface area contributed by atoms with E-state index in [1.807, 2.05) is 13.0 Å². The fourth-order valence-corrected chi connectivity index (χ4v) is 3.30. The molecule has 3 atom stereocenters. The summed E-state index contributed by atoms with van der Waals surface area (Å²) in [4.78, 5) is 11.4. The zero-order valence-corrected chi connectivity index (χ0v) is 8.79. The Morgan fingerprint density at radius 1 is 1.71 bits per heavy atom. The molecule has 2 aliphatic carbocycles. The summed E-state index contributed by atoms with van der Waals surface area (Å²) < 4.78 is 5.02. The molecule has 0 spiro atoms. The Balaban J connectivity index is 1.96. The largest absolute Gasteiger partial charge is 0.466 e. The number of ether oxygens (including phenoxy) is 1. The molecule has 2 nitrogen and oxygen atoms in total. The van der Waals surface area contributed by atoms with E-state index in [0.29, 0.717) is 18.9 Å². The molecule has 2 saturated carbocycles. The van der Waals surface area contributed by atoms with Crippen LogP contribution in [0.3, 0.4) is 0 Å². The molecule has 0 radical (unpaired) electrons. The lowest BCUT2D eigenvalue weighted by Crippen LogP contribution is -2.13. The molecule has 2 heteroatoms. The van der Waals surface area contributed by atoms with E-state index < -0.39 is 0 Å². The third kappa shape index (κ3) is 1.28. The van der Waals surface area contributed by atoms with Crippen LogP contribution in [0.1, 0.15) is 32.6 Å². The van der Waals surface area contributed by atoms with Gasteiger partial charge < -0.3 is 4.74 Å². The van der Waals surface area contributed by atoms with E-state index >= 15 is 0 Å². The smallest absolute Gasteiger partial charge is 0.306 e. The van der Waals surface area contributed by atoms with Gasteiger partial charge in [-0.15, -0.1) is 6.58 Å². The van der Waals surface area contributed by atoms with E-state index in [0.717, 1.165) is 5.92 Å². The first kappa shape index (κ1) is 9.75. The van der Waals surface area contributed by atoms with Gasteiger partial charge in [0, 0.05) is 0 Å². The Bertz CT molecular complexity index is 259. The molecule has 1 unspecified atom stereocenters. The molecule has 0 heterocycles. The van der Waals surface area contributed by atoms with E-state index in [1.165, 1.54) is 19.3 Å². The lowest BCUT2D eigenvalue weighted by atomic mass is 9.96. The van der Waals surface area contributed by atoms with Crippen molar-refractivity contribution in [3.8, 4) is 0 Å². The SMILES string of the molecule is C=CC1[C@@H]2CCC[C@]12CC(=O)OCC. The predicted molar refractivity (Wildman–Crippen MR) is 54.7 cm³/mol. The zero-order valence-electron chi connectivity index (χ0n) is 8.79. The van der Waals surface area contributed by atoms with E-state index in [9.17, 15) is 4.79 Å². The highest BCUT2D eigenvalue weighted by Crippen LogP contribution is 2.70. The number of rotatable bonds is 4. The van der Waals surface area contributed by atoms with Gasteiger partial charge in [-0.25, -0.2) is 0 Å². The Kier molecular flexibility index (Phi) is 2.38. The highest BCUT2D eigenvalue weighted by Gasteiger charge is 2.65. The Morgan fingerprint density at radius 2 is 2.50 bits per heavy atom. The number of fused-ring (bicyclic) bond motifs is 1. The van der Waals surface area contributed by atoms with Crippen molar-refractivity contribution < 1.29 is 9.53 Å². The van der Waals surface area contributed by atoms with Crippen LogP contribution in [0.15, 0.2) is 12.7 Å². The van der Waals surface area contributed by atoms with Gasteiger partial charge in [-0.05, 0) is 37.0 Å². The minimum atomic E-state index is -0.0243. The fraction of sp³-hybridized carbons (Fsp3) is 0.750. The maximum absolute atomic E-state index is 11.4. The number of allylic oxidation sites excluding steroid dienone is 1. The zero-order chi connectivity index (χ0) is 10.2. The topological polar surface area (TPSA) is 26.3 Å². The monoisotopic (exact) mass is 194 g/mol. The molecular formula is C12H18O2. The Hall–Kier alpha value is -0.790. The van der Waals surface area contributed by atoms with Gasteiger partial charge in [0.15, 0.2) is 0 Å².